The quantitative estimate of drug-likeness (QED) is 0.847. The molecule has 1 fully saturated rings. The molecule has 0 radical (unpaired) electrons. The molecule has 1 aromatic carbocycles. The van der Waals surface area contributed by atoms with E-state index in [1.54, 1.807) is 6.07 Å². The summed E-state index contributed by atoms with van der Waals surface area (Å²) in [6.07, 6.45) is 1.83. The van der Waals surface area contributed by atoms with Crippen molar-refractivity contribution in [3.8, 4) is 0 Å². The largest absolute Gasteiger partial charge is 0.310 e. The summed E-state index contributed by atoms with van der Waals surface area (Å²) in [5.41, 5.74) is 1.54. The molecule has 1 aliphatic rings. The van der Waals surface area contributed by atoms with Crippen LogP contribution in [0.15, 0.2) is 23.1 Å². The predicted octanol–water partition coefficient (Wildman–Crippen LogP) is 2.32. The number of rotatable bonds is 6. The van der Waals surface area contributed by atoms with E-state index in [2.05, 4.69) is 23.9 Å². The van der Waals surface area contributed by atoms with Crippen LogP contribution in [0.25, 0.3) is 0 Å². The monoisotopic (exact) mass is 296 g/mol. The normalized spacial score (nSPS) is 17.4. The highest BCUT2D eigenvalue weighted by Gasteiger charge is 2.41. The molecule has 0 spiro atoms. The van der Waals surface area contributed by atoms with Gasteiger partial charge in [0.2, 0.25) is 10.0 Å². The van der Waals surface area contributed by atoms with E-state index in [4.69, 9.17) is 0 Å². The summed E-state index contributed by atoms with van der Waals surface area (Å²) in [7, 11) is -3.42. The molecule has 112 valence electrons. The van der Waals surface area contributed by atoms with Crippen molar-refractivity contribution in [1.82, 2.24) is 10.0 Å². The molecule has 0 aromatic heterocycles. The molecule has 5 heteroatoms. The summed E-state index contributed by atoms with van der Waals surface area (Å²) in [5.74, 6) is 0. The molecule has 2 N–H and O–H groups in total. The fraction of sp³-hybridized carbons (Fsp3) is 0.600. The lowest BCUT2D eigenvalue weighted by Crippen LogP contribution is -2.34. The van der Waals surface area contributed by atoms with E-state index < -0.39 is 10.0 Å². The van der Waals surface area contributed by atoms with Gasteiger partial charge in [-0.25, -0.2) is 13.1 Å². The second kappa shape index (κ2) is 5.47. The van der Waals surface area contributed by atoms with Crippen molar-refractivity contribution < 1.29 is 8.42 Å². The molecule has 1 aliphatic carbocycles. The van der Waals surface area contributed by atoms with E-state index in [0.29, 0.717) is 17.5 Å². The van der Waals surface area contributed by atoms with Gasteiger partial charge in [0.25, 0.3) is 0 Å². The Kier molecular flexibility index (Phi) is 4.23. The van der Waals surface area contributed by atoms with Crippen molar-refractivity contribution in [3.05, 3.63) is 29.3 Å². The van der Waals surface area contributed by atoms with Gasteiger partial charge in [-0.1, -0.05) is 26.0 Å². The van der Waals surface area contributed by atoms with Gasteiger partial charge in [0.15, 0.2) is 0 Å². The Balaban J connectivity index is 2.23. The topological polar surface area (TPSA) is 58.2 Å². The number of hydrogen-bond donors (Lipinski definition) is 2. The van der Waals surface area contributed by atoms with Crippen molar-refractivity contribution >= 4 is 10.0 Å². The van der Waals surface area contributed by atoms with Gasteiger partial charge in [-0.2, -0.15) is 0 Å². The molecule has 0 aliphatic heterocycles. The number of nitrogens with one attached hydrogen (secondary N) is 2. The van der Waals surface area contributed by atoms with Crippen molar-refractivity contribution in [1.29, 1.82) is 0 Å². The van der Waals surface area contributed by atoms with Gasteiger partial charge in [0.1, 0.15) is 0 Å². The fourth-order valence-electron chi connectivity index (χ4n) is 2.03. The lowest BCUT2D eigenvalue weighted by atomic mass is 10.1. The lowest BCUT2D eigenvalue weighted by Gasteiger charge is -2.15. The maximum atomic E-state index is 12.5. The van der Waals surface area contributed by atoms with Crippen LogP contribution in [0, 0.1) is 6.92 Å². The lowest BCUT2D eigenvalue weighted by molar-refractivity contribution is 0.556. The van der Waals surface area contributed by atoms with Crippen molar-refractivity contribution in [2.24, 2.45) is 0 Å². The minimum atomic E-state index is -3.42. The zero-order chi connectivity index (χ0) is 15.0. The standard InChI is InChI=1S/C15H24N2O2S/c1-11(2)16-10-13-6-5-12(3)14(9-13)20(18,19)17-15(4)7-8-15/h5-6,9,11,16-17H,7-8,10H2,1-4H3. The second-order valence-corrected chi connectivity index (χ2v) is 7.95. The van der Waals surface area contributed by atoms with Crippen LogP contribution in [0.4, 0.5) is 0 Å². The highest BCUT2D eigenvalue weighted by molar-refractivity contribution is 7.89. The van der Waals surface area contributed by atoms with E-state index in [-0.39, 0.29) is 5.54 Å². The Labute approximate surface area is 122 Å². The molecule has 0 atom stereocenters. The first-order valence-electron chi connectivity index (χ1n) is 7.09. The van der Waals surface area contributed by atoms with E-state index in [0.717, 1.165) is 24.0 Å². The molecule has 0 bridgehead atoms. The van der Waals surface area contributed by atoms with Crippen LogP contribution in [-0.2, 0) is 16.6 Å². The molecule has 0 saturated heterocycles. The average molecular weight is 296 g/mol. The predicted molar refractivity (Wildman–Crippen MR) is 81.1 cm³/mol. The van der Waals surface area contributed by atoms with Crippen molar-refractivity contribution in [2.75, 3.05) is 0 Å². The Morgan fingerprint density at radius 2 is 1.95 bits per heavy atom. The molecule has 0 unspecified atom stereocenters. The number of benzene rings is 1. The summed E-state index contributed by atoms with van der Waals surface area (Å²) >= 11 is 0. The van der Waals surface area contributed by atoms with E-state index in [9.17, 15) is 8.42 Å². The highest BCUT2D eigenvalue weighted by atomic mass is 32.2. The molecule has 2 rings (SSSR count). The molecule has 1 aromatic rings. The van der Waals surface area contributed by atoms with E-state index >= 15 is 0 Å². The van der Waals surface area contributed by atoms with Crippen LogP contribution in [0.5, 0.6) is 0 Å². The molecule has 0 heterocycles. The molecular formula is C15H24N2O2S. The number of sulfonamides is 1. The minimum Gasteiger partial charge on any atom is -0.310 e. The van der Waals surface area contributed by atoms with Crippen LogP contribution in [0.2, 0.25) is 0 Å². The van der Waals surface area contributed by atoms with Crippen LogP contribution in [0.1, 0.15) is 44.7 Å². The maximum absolute atomic E-state index is 12.5. The van der Waals surface area contributed by atoms with Gasteiger partial charge in [-0.3, -0.25) is 0 Å². The molecule has 4 nitrogen and oxygen atoms in total. The van der Waals surface area contributed by atoms with Crippen LogP contribution < -0.4 is 10.0 Å². The summed E-state index contributed by atoms with van der Waals surface area (Å²) in [4.78, 5) is 0.397. The van der Waals surface area contributed by atoms with Crippen LogP contribution >= 0.6 is 0 Å². The molecule has 20 heavy (non-hydrogen) atoms. The number of aryl methyl sites for hydroxylation is 1. The first-order valence-corrected chi connectivity index (χ1v) is 8.57. The maximum Gasteiger partial charge on any atom is 0.241 e. The Morgan fingerprint density at radius 3 is 2.50 bits per heavy atom. The highest BCUT2D eigenvalue weighted by Crippen LogP contribution is 2.36. The summed E-state index contributed by atoms with van der Waals surface area (Å²) < 4.78 is 27.7. The van der Waals surface area contributed by atoms with Crippen LogP contribution in [-0.4, -0.2) is 20.0 Å². The molecule has 0 amide bonds. The van der Waals surface area contributed by atoms with Crippen molar-refractivity contribution in [3.63, 3.8) is 0 Å². The molecular weight excluding hydrogens is 272 g/mol. The van der Waals surface area contributed by atoms with Gasteiger partial charge in [0, 0.05) is 18.1 Å². The second-order valence-electron chi connectivity index (χ2n) is 6.30. The van der Waals surface area contributed by atoms with Gasteiger partial charge < -0.3 is 5.32 Å². The first-order chi connectivity index (χ1) is 9.22. The van der Waals surface area contributed by atoms with Gasteiger partial charge >= 0.3 is 0 Å². The first kappa shape index (κ1) is 15.5. The Morgan fingerprint density at radius 1 is 1.30 bits per heavy atom. The van der Waals surface area contributed by atoms with Gasteiger partial charge in [-0.15, -0.1) is 0 Å². The van der Waals surface area contributed by atoms with Gasteiger partial charge in [0.05, 0.1) is 4.90 Å². The SMILES string of the molecule is Cc1ccc(CNC(C)C)cc1S(=O)(=O)NC1(C)CC1. The zero-order valence-corrected chi connectivity index (χ0v) is 13.5. The van der Waals surface area contributed by atoms with E-state index in [1.165, 1.54) is 0 Å². The number of hydrogen-bond acceptors (Lipinski definition) is 3. The smallest absolute Gasteiger partial charge is 0.241 e. The van der Waals surface area contributed by atoms with Crippen LogP contribution in [0.3, 0.4) is 0 Å². The zero-order valence-electron chi connectivity index (χ0n) is 12.7. The van der Waals surface area contributed by atoms with Gasteiger partial charge in [-0.05, 0) is 43.9 Å². The fourth-order valence-corrected chi connectivity index (χ4v) is 3.80. The summed E-state index contributed by atoms with van der Waals surface area (Å²) in [5, 5.41) is 3.31. The third-order valence-corrected chi connectivity index (χ3v) is 5.42. The van der Waals surface area contributed by atoms with Crippen molar-refractivity contribution in [2.45, 2.75) is 63.6 Å². The third-order valence-electron chi connectivity index (χ3n) is 3.64. The Bertz CT molecular complexity index is 590. The Hall–Kier alpha value is -0.910. The summed E-state index contributed by atoms with van der Waals surface area (Å²) in [6.45, 7) is 8.61. The molecule has 1 saturated carbocycles. The average Bonchev–Trinajstić information content (AvgIpc) is 3.04. The third kappa shape index (κ3) is 3.81. The van der Waals surface area contributed by atoms with E-state index in [1.807, 2.05) is 26.0 Å². The minimum absolute atomic E-state index is 0.239. The summed E-state index contributed by atoms with van der Waals surface area (Å²) in [6, 6.07) is 6.00.